The van der Waals surface area contributed by atoms with Gasteiger partial charge in [0.15, 0.2) is 17.1 Å². The maximum Gasteiger partial charge on any atom is 0.234 e. The fraction of sp³-hybridized carbons (Fsp3) is 0.375. The molecule has 1 amide bonds. The Morgan fingerprint density at radius 1 is 1.00 bits per heavy atom. The van der Waals surface area contributed by atoms with E-state index in [1.807, 2.05) is 60.0 Å². The van der Waals surface area contributed by atoms with Crippen molar-refractivity contribution in [2.45, 2.75) is 57.8 Å². The van der Waals surface area contributed by atoms with Crippen LogP contribution >= 0.6 is 11.8 Å². The van der Waals surface area contributed by atoms with E-state index in [1.54, 1.807) is 0 Å². The van der Waals surface area contributed by atoms with E-state index in [0.29, 0.717) is 11.1 Å². The van der Waals surface area contributed by atoms with Gasteiger partial charge in [0, 0.05) is 11.7 Å². The standard InChI is InChI=1S/C24H30N4O2S/c1-16(2)20-13-9-10-14-21(20)30-18(5)23-26-27-24(28(23)17(3)4)31-15-22(29)25-19-11-7-6-8-12-19/h6-14,16-18H,15H2,1-5H3,(H,25,29). The van der Waals surface area contributed by atoms with E-state index >= 15 is 0 Å². The number of nitrogens with zero attached hydrogens (tertiary/aromatic N) is 3. The number of carbonyl (C=O) groups is 1. The van der Waals surface area contributed by atoms with Crippen molar-refractivity contribution in [2.24, 2.45) is 0 Å². The third kappa shape index (κ3) is 5.88. The molecule has 0 fully saturated rings. The summed E-state index contributed by atoms with van der Waals surface area (Å²) in [6.07, 6.45) is -0.276. The van der Waals surface area contributed by atoms with Crippen molar-refractivity contribution >= 4 is 23.4 Å². The van der Waals surface area contributed by atoms with E-state index < -0.39 is 0 Å². The molecule has 1 N–H and O–H groups in total. The summed E-state index contributed by atoms with van der Waals surface area (Å²) in [6, 6.07) is 17.7. The largest absolute Gasteiger partial charge is 0.482 e. The minimum atomic E-state index is -0.276. The summed E-state index contributed by atoms with van der Waals surface area (Å²) in [5.41, 5.74) is 1.95. The Hall–Kier alpha value is -2.80. The molecule has 0 aliphatic rings. The average Bonchev–Trinajstić information content (AvgIpc) is 3.18. The van der Waals surface area contributed by atoms with E-state index in [9.17, 15) is 4.79 Å². The van der Waals surface area contributed by atoms with Gasteiger partial charge in [-0.15, -0.1) is 10.2 Å². The molecule has 1 heterocycles. The lowest BCUT2D eigenvalue weighted by molar-refractivity contribution is -0.113. The number of amides is 1. The van der Waals surface area contributed by atoms with Gasteiger partial charge in [-0.1, -0.05) is 62.0 Å². The van der Waals surface area contributed by atoms with Crippen LogP contribution in [0.1, 0.15) is 64.1 Å². The number of hydrogen-bond donors (Lipinski definition) is 1. The van der Waals surface area contributed by atoms with Gasteiger partial charge in [0.05, 0.1) is 5.75 Å². The predicted octanol–water partition coefficient (Wildman–Crippen LogP) is 5.85. The molecule has 3 aromatic rings. The summed E-state index contributed by atoms with van der Waals surface area (Å²) >= 11 is 1.38. The predicted molar refractivity (Wildman–Crippen MR) is 126 cm³/mol. The van der Waals surface area contributed by atoms with Crippen molar-refractivity contribution in [1.29, 1.82) is 0 Å². The lowest BCUT2D eigenvalue weighted by atomic mass is 10.0. The number of nitrogens with one attached hydrogen (secondary N) is 1. The van der Waals surface area contributed by atoms with Crippen LogP contribution in [0, 0.1) is 0 Å². The molecule has 0 saturated heterocycles. The van der Waals surface area contributed by atoms with Gasteiger partial charge < -0.3 is 14.6 Å². The zero-order chi connectivity index (χ0) is 22.4. The molecule has 0 saturated carbocycles. The molecule has 1 aromatic heterocycles. The first-order chi connectivity index (χ1) is 14.9. The third-order valence-corrected chi connectivity index (χ3v) is 5.75. The minimum Gasteiger partial charge on any atom is -0.482 e. The van der Waals surface area contributed by atoms with Crippen LogP contribution < -0.4 is 10.1 Å². The maximum absolute atomic E-state index is 12.3. The van der Waals surface area contributed by atoms with Crippen LogP contribution in [0.2, 0.25) is 0 Å². The molecule has 3 rings (SSSR count). The molecule has 1 unspecified atom stereocenters. The smallest absolute Gasteiger partial charge is 0.234 e. The quantitative estimate of drug-likeness (QED) is 0.424. The van der Waals surface area contributed by atoms with Crippen molar-refractivity contribution in [3.63, 3.8) is 0 Å². The second-order valence-corrected chi connectivity index (χ2v) is 8.90. The normalized spacial score (nSPS) is 12.2. The Morgan fingerprint density at radius 2 is 1.68 bits per heavy atom. The van der Waals surface area contributed by atoms with E-state index in [-0.39, 0.29) is 23.8 Å². The van der Waals surface area contributed by atoms with Crippen molar-refractivity contribution in [3.8, 4) is 5.75 Å². The topological polar surface area (TPSA) is 69.0 Å². The molecule has 1 atom stereocenters. The first-order valence-corrected chi connectivity index (χ1v) is 11.5. The van der Waals surface area contributed by atoms with Gasteiger partial charge in [0.1, 0.15) is 5.75 Å². The highest BCUT2D eigenvalue weighted by Gasteiger charge is 2.23. The van der Waals surface area contributed by atoms with Crippen LogP contribution in [0.3, 0.4) is 0 Å². The zero-order valence-electron chi connectivity index (χ0n) is 18.7. The van der Waals surface area contributed by atoms with Crippen molar-refractivity contribution in [1.82, 2.24) is 14.8 Å². The monoisotopic (exact) mass is 438 g/mol. The van der Waals surface area contributed by atoms with Crippen molar-refractivity contribution in [2.75, 3.05) is 11.1 Å². The van der Waals surface area contributed by atoms with E-state index in [0.717, 1.165) is 22.8 Å². The molecule has 2 aromatic carbocycles. The van der Waals surface area contributed by atoms with Gasteiger partial charge in [0.2, 0.25) is 5.91 Å². The number of anilines is 1. The molecule has 7 heteroatoms. The molecular formula is C24H30N4O2S. The van der Waals surface area contributed by atoms with Crippen LogP contribution in [0.4, 0.5) is 5.69 Å². The fourth-order valence-corrected chi connectivity index (χ4v) is 4.18. The van der Waals surface area contributed by atoms with Gasteiger partial charge in [0.25, 0.3) is 0 Å². The second-order valence-electron chi connectivity index (χ2n) is 7.96. The molecule has 164 valence electrons. The first kappa shape index (κ1) is 22.9. The van der Waals surface area contributed by atoms with Crippen LogP contribution in [-0.2, 0) is 4.79 Å². The first-order valence-electron chi connectivity index (χ1n) is 10.5. The van der Waals surface area contributed by atoms with E-state index in [1.165, 1.54) is 11.8 Å². The molecule has 0 aliphatic carbocycles. The summed E-state index contributed by atoms with van der Waals surface area (Å²) in [6.45, 7) is 10.4. The summed E-state index contributed by atoms with van der Waals surface area (Å²) < 4.78 is 8.33. The number of rotatable bonds is 9. The average molecular weight is 439 g/mol. The van der Waals surface area contributed by atoms with Gasteiger partial charge >= 0.3 is 0 Å². The van der Waals surface area contributed by atoms with Crippen LogP contribution in [0.5, 0.6) is 5.75 Å². The Kier molecular flexibility index (Phi) is 7.74. The number of para-hydroxylation sites is 2. The van der Waals surface area contributed by atoms with Crippen molar-refractivity contribution in [3.05, 3.63) is 66.0 Å². The van der Waals surface area contributed by atoms with Gasteiger partial charge in [-0.2, -0.15) is 0 Å². The van der Waals surface area contributed by atoms with E-state index in [2.05, 4.69) is 49.3 Å². The van der Waals surface area contributed by atoms with Gasteiger partial charge in [-0.25, -0.2) is 0 Å². The Labute approximate surface area is 188 Å². The lowest BCUT2D eigenvalue weighted by Gasteiger charge is -2.21. The van der Waals surface area contributed by atoms with Crippen LogP contribution in [0.15, 0.2) is 59.8 Å². The number of thioether (sulfide) groups is 1. The van der Waals surface area contributed by atoms with E-state index in [4.69, 9.17) is 4.74 Å². The van der Waals surface area contributed by atoms with Crippen molar-refractivity contribution < 1.29 is 9.53 Å². The summed E-state index contributed by atoms with van der Waals surface area (Å²) in [4.78, 5) is 12.3. The molecular weight excluding hydrogens is 408 g/mol. The summed E-state index contributed by atoms with van der Waals surface area (Å²) in [5, 5.41) is 12.4. The lowest BCUT2D eigenvalue weighted by Crippen LogP contribution is -2.17. The SMILES string of the molecule is CC(C)c1ccccc1OC(C)c1nnc(SCC(=O)Nc2ccccc2)n1C(C)C. The number of hydrogen-bond acceptors (Lipinski definition) is 5. The Morgan fingerprint density at radius 3 is 2.35 bits per heavy atom. The molecule has 0 spiro atoms. The molecule has 6 nitrogen and oxygen atoms in total. The highest BCUT2D eigenvalue weighted by Crippen LogP contribution is 2.31. The highest BCUT2D eigenvalue weighted by molar-refractivity contribution is 7.99. The van der Waals surface area contributed by atoms with Crippen LogP contribution in [0.25, 0.3) is 0 Å². The zero-order valence-corrected chi connectivity index (χ0v) is 19.5. The third-order valence-electron chi connectivity index (χ3n) is 4.81. The number of aromatic nitrogens is 3. The Balaban J connectivity index is 1.72. The van der Waals surface area contributed by atoms with Gasteiger partial charge in [-0.3, -0.25) is 4.79 Å². The highest BCUT2D eigenvalue weighted by atomic mass is 32.2. The number of benzene rings is 2. The molecule has 0 aliphatic heterocycles. The molecule has 0 radical (unpaired) electrons. The summed E-state index contributed by atoms with van der Waals surface area (Å²) in [5.74, 6) is 2.15. The molecule has 0 bridgehead atoms. The van der Waals surface area contributed by atoms with Crippen LogP contribution in [-0.4, -0.2) is 26.4 Å². The number of carbonyl (C=O) groups excluding carboxylic acids is 1. The fourth-order valence-electron chi connectivity index (χ4n) is 3.31. The maximum atomic E-state index is 12.3. The number of ether oxygens (including phenoxy) is 1. The van der Waals surface area contributed by atoms with Gasteiger partial charge in [-0.05, 0) is 50.5 Å². The summed E-state index contributed by atoms with van der Waals surface area (Å²) in [7, 11) is 0. The Bertz CT molecular complexity index is 1000. The minimum absolute atomic E-state index is 0.0776. The second kappa shape index (κ2) is 10.5. The molecule has 31 heavy (non-hydrogen) atoms.